The lowest BCUT2D eigenvalue weighted by molar-refractivity contribution is 0.203. The molecule has 0 saturated heterocycles. The molecule has 1 aromatic carbocycles. The molecular formula is C12H13N5O. The van der Waals surface area contributed by atoms with Crippen molar-refractivity contribution in [2.45, 2.75) is 6.54 Å². The van der Waals surface area contributed by atoms with E-state index in [0.717, 1.165) is 16.1 Å². The quantitative estimate of drug-likeness (QED) is 0.686. The SMILES string of the molecule is Cn1ccnc1CNc1nc2ccccc2n1O. The van der Waals surface area contributed by atoms with E-state index in [1.165, 1.54) is 0 Å². The standard InChI is InChI=1S/C12H13N5O/c1-16-7-6-13-11(16)8-14-12-15-9-4-2-3-5-10(9)17(12)18/h2-7,18H,8H2,1H3,(H,14,15). The van der Waals surface area contributed by atoms with Gasteiger partial charge >= 0.3 is 0 Å². The van der Waals surface area contributed by atoms with Crippen molar-refractivity contribution in [3.8, 4) is 0 Å². The summed E-state index contributed by atoms with van der Waals surface area (Å²) in [5, 5.41) is 13.0. The molecule has 0 bridgehead atoms. The normalized spacial score (nSPS) is 10.9. The zero-order valence-electron chi connectivity index (χ0n) is 9.91. The van der Waals surface area contributed by atoms with Gasteiger partial charge in [0.1, 0.15) is 11.3 Å². The molecule has 2 aromatic heterocycles. The molecule has 2 N–H and O–H groups in total. The highest BCUT2D eigenvalue weighted by atomic mass is 16.5. The number of aromatic nitrogens is 4. The number of nitrogens with one attached hydrogen (secondary N) is 1. The maximum Gasteiger partial charge on any atom is 0.238 e. The van der Waals surface area contributed by atoms with Crippen LogP contribution in [0.25, 0.3) is 11.0 Å². The van der Waals surface area contributed by atoms with E-state index < -0.39 is 0 Å². The minimum atomic E-state index is 0.416. The molecule has 0 radical (unpaired) electrons. The largest absolute Gasteiger partial charge is 0.425 e. The monoisotopic (exact) mass is 243 g/mol. The highest BCUT2D eigenvalue weighted by Gasteiger charge is 2.09. The summed E-state index contributed by atoms with van der Waals surface area (Å²) >= 11 is 0. The van der Waals surface area contributed by atoms with Crippen LogP contribution in [0.3, 0.4) is 0 Å². The Kier molecular flexibility index (Phi) is 2.40. The molecule has 92 valence electrons. The first-order valence-corrected chi connectivity index (χ1v) is 5.62. The van der Waals surface area contributed by atoms with Crippen LogP contribution in [0, 0.1) is 0 Å². The van der Waals surface area contributed by atoms with E-state index in [-0.39, 0.29) is 0 Å². The summed E-state index contributed by atoms with van der Waals surface area (Å²) in [7, 11) is 1.92. The average molecular weight is 243 g/mol. The number of nitrogens with zero attached hydrogens (tertiary/aromatic N) is 4. The zero-order chi connectivity index (χ0) is 12.5. The van der Waals surface area contributed by atoms with Gasteiger partial charge in [-0.2, -0.15) is 0 Å². The zero-order valence-corrected chi connectivity index (χ0v) is 9.91. The fraction of sp³-hybridized carbons (Fsp3) is 0.167. The first-order chi connectivity index (χ1) is 8.75. The van der Waals surface area contributed by atoms with Crippen molar-refractivity contribution in [3.05, 3.63) is 42.5 Å². The van der Waals surface area contributed by atoms with Gasteiger partial charge in [0.2, 0.25) is 5.95 Å². The molecule has 3 rings (SSSR count). The fourth-order valence-corrected chi connectivity index (χ4v) is 1.85. The number of hydrogen-bond acceptors (Lipinski definition) is 4. The van der Waals surface area contributed by atoms with Crippen molar-refractivity contribution in [2.75, 3.05) is 5.32 Å². The lowest BCUT2D eigenvalue weighted by Crippen LogP contribution is -2.09. The van der Waals surface area contributed by atoms with Crippen LogP contribution in [0.4, 0.5) is 5.95 Å². The number of aryl methyl sites for hydroxylation is 1. The van der Waals surface area contributed by atoms with Crippen LogP contribution in [0.15, 0.2) is 36.7 Å². The molecule has 6 heteroatoms. The van der Waals surface area contributed by atoms with Crippen LogP contribution in [-0.4, -0.2) is 24.5 Å². The summed E-state index contributed by atoms with van der Waals surface area (Å²) in [6.07, 6.45) is 3.61. The molecule has 0 spiro atoms. The molecular weight excluding hydrogens is 230 g/mol. The Morgan fingerprint density at radius 2 is 2.17 bits per heavy atom. The van der Waals surface area contributed by atoms with Crippen molar-refractivity contribution < 1.29 is 5.21 Å². The summed E-state index contributed by atoms with van der Waals surface area (Å²) in [5.74, 6) is 1.29. The molecule has 0 aliphatic rings. The first kappa shape index (κ1) is 10.6. The topological polar surface area (TPSA) is 67.9 Å². The molecule has 6 nitrogen and oxygen atoms in total. The Bertz CT molecular complexity index is 685. The molecule has 0 aliphatic heterocycles. The van der Waals surface area contributed by atoms with E-state index in [4.69, 9.17) is 0 Å². The first-order valence-electron chi connectivity index (χ1n) is 5.62. The number of anilines is 1. The van der Waals surface area contributed by atoms with E-state index in [1.807, 2.05) is 42.1 Å². The molecule has 0 amide bonds. The van der Waals surface area contributed by atoms with Crippen molar-refractivity contribution in [2.24, 2.45) is 7.05 Å². The molecule has 3 aromatic rings. The highest BCUT2D eigenvalue weighted by Crippen LogP contribution is 2.17. The smallest absolute Gasteiger partial charge is 0.238 e. The van der Waals surface area contributed by atoms with Crippen LogP contribution >= 0.6 is 0 Å². The number of rotatable bonds is 3. The molecule has 0 saturated carbocycles. The number of para-hydroxylation sites is 2. The predicted molar refractivity (Wildman–Crippen MR) is 67.5 cm³/mol. The van der Waals surface area contributed by atoms with Gasteiger partial charge in [0.05, 0.1) is 12.1 Å². The molecule has 0 aliphatic carbocycles. The summed E-state index contributed by atoms with van der Waals surface area (Å²) in [5.41, 5.74) is 1.43. The van der Waals surface area contributed by atoms with Gasteiger partial charge in [-0.15, -0.1) is 4.73 Å². The fourth-order valence-electron chi connectivity index (χ4n) is 1.85. The second-order valence-corrected chi connectivity index (χ2v) is 4.04. The third kappa shape index (κ3) is 1.67. The Balaban J connectivity index is 1.87. The van der Waals surface area contributed by atoms with E-state index >= 15 is 0 Å². The van der Waals surface area contributed by atoms with Gasteiger partial charge in [0.25, 0.3) is 0 Å². The Morgan fingerprint density at radius 3 is 2.89 bits per heavy atom. The van der Waals surface area contributed by atoms with Gasteiger partial charge in [-0.3, -0.25) is 0 Å². The van der Waals surface area contributed by atoms with Gasteiger partial charge < -0.3 is 15.1 Å². The van der Waals surface area contributed by atoms with Gasteiger partial charge in [-0.1, -0.05) is 12.1 Å². The molecule has 18 heavy (non-hydrogen) atoms. The summed E-state index contributed by atoms with van der Waals surface area (Å²) in [4.78, 5) is 8.50. The molecule has 0 unspecified atom stereocenters. The highest BCUT2D eigenvalue weighted by molar-refractivity contribution is 5.77. The van der Waals surface area contributed by atoms with Crippen molar-refractivity contribution in [1.29, 1.82) is 0 Å². The van der Waals surface area contributed by atoms with Gasteiger partial charge in [-0.05, 0) is 12.1 Å². The molecule has 0 fully saturated rings. The van der Waals surface area contributed by atoms with Crippen LogP contribution < -0.4 is 5.32 Å². The third-order valence-corrected chi connectivity index (χ3v) is 2.86. The minimum Gasteiger partial charge on any atom is -0.425 e. The third-order valence-electron chi connectivity index (χ3n) is 2.86. The average Bonchev–Trinajstić information content (AvgIpc) is 2.92. The van der Waals surface area contributed by atoms with Crippen molar-refractivity contribution in [3.63, 3.8) is 0 Å². The summed E-state index contributed by atoms with van der Waals surface area (Å²) in [6.45, 7) is 0.507. The van der Waals surface area contributed by atoms with Gasteiger partial charge in [0.15, 0.2) is 0 Å². The minimum absolute atomic E-state index is 0.416. The maximum atomic E-state index is 9.95. The van der Waals surface area contributed by atoms with Crippen LogP contribution in [0.5, 0.6) is 0 Å². The number of imidazole rings is 2. The second kappa shape index (κ2) is 4.06. The van der Waals surface area contributed by atoms with Gasteiger partial charge in [0, 0.05) is 19.4 Å². The van der Waals surface area contributed by atoms with E-state index in [9.17, 15) is 5.21 Å². The Morgan fingerprint density at radius 1 is 1.33 bits per heavy atom. The predicted octanol–water partition coefficient (Wildman–Crippen LogP) is 1.62. The lowest BCUT2D eigenvalue weighted by atomic mass is 10.3. The molecule has 2 heterocycles. The number of fused-ring (bicyclic) bond motifs is 1. The molecule has 0 atom stereocenters. The van der Waals surface area contributed by atoms with E-state index in [1.54, 1.807) is 6.20 Å². The van der Waals surface area contributed by atoms with Crippen molar-refractivity contribution >= 4 is 17.0 Å². The second-order valence-electron chi connectivity index (χ2n) is 4.04. The van der Waals surface area contributed by atoms with Gasteiger partial charge in [-0.25, -0.2) is 9.97 Å². The Labute approximate surface area is 103 Å². The van der Waals surface area contributed by atoms with Crippen LogP contribution in [0.1, 0.15) is 5.82 Å². The van der Waals surface area contributed by atoms with Crippen molar-refractivity contribution in [1.82, 2.24) is 19.3 Å². The van der Waals surface area contributed by atoms with E-state index in [0.29, 0.717) is 18.0 Å². The van der Waals surface area contributed by atoms with Crippen LogP contribution in [-0.2, 0) is 13.6 Å². The number of benzene rings is 1. The number of hydrogen-bond donors (Lipinski definition) is 2. The van der Waals surface area contributed by atoms with Crippen LogP contribution in [0.2, 0.25) is 0 Å². The van der Waals surface area contributed by atoms with E-state index in [2.05, 4.69) is 15.3 Å². The maximum absolute atomic E-state index is 9.95. The lowest BCUT2D eigenvalue weighted by Gasteiger charge is -2.04. The summed E-state index contributed by atoms with van der Waals surface area (Å²) < 4.78 is 2.97. The Hall–Kier alpha value is -2.50. The summed E-state index contributed by atoms with van der Waals surface area (Å²) in [6, 6.07) is 7.42.